The fraction of sp³-hybridized carbons (Fsp3) is 0.208. The van der Waals surface area contributed by atoms with Gasteiger partial charge in [-0.05, 0) is 60.0 Å². The van der Waals surface area contributed by atoms with E-state index in [1.54, 1.807) is 47.4 Å². The predicted octanol–water partition coefficient (Wildman–Crippen LogP) is 4.37. The molecule has 31 heavy (non-hydrogen) atoms. The van der Waals surface area contributed by atoms with Gasteiger partial charge in [-0.1, -0.05) is 37.3 Å². The summed E-state index contributed by atoms with van der Waals surface area (Å²) >= 11 is 0. The number of nitrogens with zero attached hydrogens (tertiary/aromatic N) is 1. The zero-order chi connectivity index (χ0) is 21.8. The minimum Gasteiger partial charge on any atom is -0.489 e. The highest BCUT2D eigenvalue weighted by Crippen LogP contribution is 2.31. The molecule has 160 valence electrons. The highest BCUT2D eigenvalue weighted by Gasteiger charge is 2.25. The van der Waals surface area contributed by atoms with Crippen LogP contribution in [0.15, 0.2) is 77.7 Å². The Morgan fingerprint density at radius 3 is 2.48 bits per heavy atom. The lowest BCUT2D eigenvalue weighted by atomic mass is 10.2. The number of sulfonamides is 1. The molecule has 0 saturated heterocycles. The maximum atomic E-state index is 12.8. The molecule has 4 rings (SSSR count). The summed E-state index contributed by atoms with van der Waals surface area (Å²) in [5, 5.41) is 0. The Bertz CT molecular complexity index is 1180. The number of fused-ring (bicyclic) bond motifs is 1. The van der Waals surface area contributed by atoms with Crippen LogP contribution < -0.4 is 14.4 Å². The molecule has 0 unspecified atom stereocenters. The van der Waals surface area contributed by atoms with Gasteiger partial charge in [-0.3, -0.25) is 9.52 Å². The smallest absolute Gasteiger partial charge is 0.261 e. The number of benzene rings is 3. The van der Waals surface area contributed by atoms with Crippen molar-refractivity contribution in [1.29, 1.82) is 0 Å². The van der Waals surface area contributed by atoms with Gasteiger partial charge in [0.25, 0.3) is 10.0 Å². The van der Waals surface area contributed by atoms with Gasteiger partial charge < -0.3 is 9.64 Å². The predicted molar refractivity (Wildman–Crippen MR) is 121 cm³/mol. The summed E-state index contributed by atoms with van der Waals surface area (Å²) in [6, 6.07) is 21.5. The fourth-order valence-corrected chi connectivity index (χ4v) is 4.68. The number of carbonyl (C=O) groups is 1. The van der Waals surface area contributed by atoms with Crippen molar-refractivity contribution in [2.24, 2.45) is 0 Å². The van der Waals surface area contributed by atoms with Gasteiger partial charge in [0.15, 0.2) is 0 Å². The second-order valence-electron chi connectivity index (χ2n) is 7.34. The van der Waals surface area contributed by atoms with Gasteiger partial charge in [0.2, 0.25) is 5.91 Å². The Kier molecular flexibility index (Phi) is 5.95. The second-order valence-corrected chi connectivity index (χ2v) is 9.03. The van der Waals surface area contributed by atoms with Crippen molar-refractivity contribution < 1.29 is 17.9 Å². The number of anilines is 2. The molecule has 1 heterocycles. The van der Waals surface area contributed by atoms with E-state index in [4.69, 9.17) is 4.74 Å². The zero-order valence-electron chi connectivity index (χ0n) is 17.2. The van der Waals surface area contributed by atoms with Crippen LogP contribution in [0.5, 0.6) is 5.75 Å². The summed E-state index contributed by atoms with van der Waals surface area (Å²) in [5.41, 5.74) is 3.18. The van der Waals surface area contributed by atoms with Gasteiger partial charge >= 0.3 is 0 Å². The van der Waals surface area contributed by atoms with Crippen molar-refractivity contribution >= 4 is 27.3 Å². The molecule has 0 atom stereocenters. The van der Waals surface area contributed by atoms with E-state index < -0.39 is 10.0 Å². The van der Waals surface area contributed by atoms with Crippen LogP contribution in [0.3, 0.4) is 0 Å². The largest absolute Gasteiger partial charge is 0.489 e. The first-order chi connectivity index (χ1) is 15.0. The highest BCUT2D eigenvalue weighted by molar-refractivity contribution is 7.92. The molecule has 0 aliphatic carbocycles. The number of rotatable bonds is 7. The van der Waals surface area contributed by atoms with Crippen molar-refractivity contribution in [2.45, 2.75) is 31.3 Å². The van der Waals surface area contributed by atoms with E-state index >= 15 is 0 Å². The van der Waals surface area contributed by atoms with Crippen LogP contribution in [0.1, 0.15) is 24.5 Å². The first kappa shape index (κ1) is 20.9. The van der Waals surface area contributed by atoms with Gasteiger partial charge in [-0.25, -0.2) is 8.42 Å². The maximum Gasteiger partial charge on any atom is 0.261 e. The van der Waals surface area contributed by atoms with Crippen molar-refractivity contribution in [1.82, 2.24) is 0 Å². The van der Waals surface area contributed by atoms with Crippen molar-refractivity contribution in [3.63, 3.8) is 0 Å². The summed E-state index contributed by atoms with van der Waals surface area (Å²) < 4.78 is 34.0. The number of ether oxygens (including phenoxy) is 1. The van der Waals surface area contributed by atoms with E-state index in [2.05, 4.69) is 4.72 Å². The fourth-order valence-electron chi connectivity index (χ4n) is 3.57. The maximum absolute atomic E-state index is 12.8. The molecule has 6 nitrogen and oxygen atoms in total. The monoisotopic (exact) mass is 436 g/mol. The molecule has 1 amide bonds. The van der Waals surface area contributed by atoms with Crippen molar-refractivity contribution in [3.05, 3.63) is 83.9 Å². The van der Waals surface area contributed by atoms with Crippen LogP contribution >= 0.6 is 0 Å². The minimum atomic E-state index is -3.74. The van der Waals surface area contributed by atoms with Gasteiger partial charge in [0, 0.05) is 24.3 Å². The molecule has 0 saturated carbocycles. The van der Waals surface area contributed by atoms with Crippen LogP contribution in [-0.2, 0) is 27.8 Å². The van der Waals surface area contributed by atoms with E-state index in [1.165, 1.54) is 0 Å². The van der Waals surface area contributed by atoms with Gasteiger partial charge in [0.05, 0.1) is 4.90 Å². The van der Waals surface area contributed by atoms with Crippen LogP contribution in [0.25, 0.3) is 0 Å². The van der Waals surface area contributed by atoms with E-state index in [0.29, 0.717) is 37.4 Å². The number of nitrogens with one attached hydrogen (secondary N) is 1. The minimum absolute atomic E-state index is 0.0436. The summed E-state index contributed by atoms with van der Waals surface area (Å²) in [6.45, 7) is 2.85. The molecule has 0 aromatic heterocycles. The standard InChI is InChI=1S/C24H24N2O4S/c1-2-24(27)26-15-14-19-16-22(12-13-23(19)26)31(28,29)25-20-8-10-21(11-9-20)30-17-18-6-4-3-5-7-18/h3-13,16,25H,2,14-15,17H2,1H3. The van der Waals surface area contributed by atoms with Crippen LogP contribution in [0.4, 0.5) is 11.4 Å². The number of hydrogen-bond acceptors (Lipinski definition) is 4. The summed E-state index contributed by atoms with van der Waals surface area (Å²) in [5.74, 6) is 0.701. The first-order valence-electron chi connectivity index (χ1n) is 10.2. The summed E-state index contributed by atoms with van der Waals surface area (Å²) in [4.78, 5) is 13.9. The van der Waals surface area contributed by atoms with Crippen LogP contribution in [0, 0.1) is 0 Å². The Morgan fingerprint density at radius 2 is 1.77 bits per heavy atom. The third-order valence-corrected chi connectivity index (χ3v) is 6.59. The Hall–Kier alpha value is -3.32. The molecule has 1 aliphatic rings. The summed E-state index contributed by atoms with van der Waals surface area (Å²) in [7, 11) is -3.74. The molecule has 3 aromatic rings. The number of carbonyl (C=O) groups excluding carboxylic acids is 1. The molecule has 0 fully saturated rings. The van der Waals surface area contributed by atoms with Gasteiger partial charge in [0.1, 0.15) is 12.4 Å². The van der Waals surface area contributed by atoms with E-state index in [0.717, 1.165) is 16.8 Å². The van der Waals surface area contributed by atoms with Gasteiger partial charge in [-0.15, -0.1) is 0 Å². The molecular formula is C24H24N2O4S. The second kappa shape index (κ2) is 8.81. The zero-order valence-corrected chi connectivity index (χ0v) is 18.1. The third-order valence-electron chi connectivity index (χ3n) is 5.22. The SMILES string of the molecule is CCC(=O)N1CCc2cc(S(=O)(=O)Nc3ccc(OCc4ccccc4)cc3)ccc21. The lowest BCUT2D eigenvalue weighted by Gasteiger charge is -2.16. The quantitative estimate of drug-likeness (QED) is 0.597. The Balaban J connectivity index is 1.43. The Labute approximate surface area is 182 Å². The third kappa shape index (κ3) is 4.72. The highest BCUT2D eigenvalue weighted by atomic mass is 32.2. The lowest BCUT2D eigenvalue weighted by molar-refractivity contribution is -0.118. The lowest BCUT2D eigenvalue weighted by Crippen LogP contribution is -2.27. The van der Waals surface area contributed by atoms with E-state index in [1.807, 2.05) is 37.3 Å². The molecule has 7 heteroatoms. The molecule has 0 spiro atoms. The van der Waals surface area contributed by atoms with Crippen LogP contribution in [0.2, 0.25) is 0 Å². The van der Waals surface area contributed by atoms with E-state index in [-0.39, 0.29) is 10.8 Å². The van der Waals surface area contributed by atoms with Crippen molar-refractivity contribution in [3.8, 4) is 5.75 Å². The normalized spacial score (nSPS) is 13.0. The topological polar surface area (TPSA) is 75.7 Å². The van der Waals surface area contributed by atoms with E-state index in [9.17, 15) is 13.2 Å². The average molecular weight is 437 g/mol. The molecular weight excluding hydrogens is 412 g/mol. The van der Waals surface area contributed by atoms with Crippen molar-refractivity contribution in [2.75, 3.05) is 16.2 Å². The molecule has 0 radical (unpaired) electrons. The molecule has 0 bridgehead atoms. The molecule has 1 aliphatic heterocycles. The molecule has 3 aromatic carbocycles. The first-order valence-corrected chi connectivity index (χ1v) is 11.7. The average Bonchev–Trinajstić information content (AvgIpc) is 3.22. The number of amides is 1. The molecule has 1 N–H and O–H groups in total. The van der Waals surface area contributed by atoms with Crippen LogP contribution in [-0.4, -0.2) is 20.9 Å². The number of hydrogen-bond donors (Lipinski definition) is 1. The Morgan fingerprint density at radius 1 is 1.03 bits per heavy atom. The van der Waals surface area contributed by atoms with Gasteiger partial charge in [-0.2, -0.15) is 0 Å². The summed E-state index contributed by atoms with van der Waals surface area (Å²) in [6.07, 6.45) is 1.07.